The summed E-state index contributed by atoms with van der Waals surface area (Å²) in [7, 11) is 1.99. The molecule has 0 amide bonds. The van der Waals surface area contributed by atoms with Crippen LogP contribution in [0.1, 0.15) is 24.4 Å². The van der Waals surface area contributed by atoms with E-state index in [9.17, 15) is 5.11 Å². The van der Waals surface area contributed by atoms with Gasteiger partial charge in [0.05, 0.1) is 18.9 Å². The summed E-state index contributed by atoms with van der Waals surface area (Å²) in [6, 6.07) is 11.7. The highest BCUT2D eigenvalue weighted by Gasteiger charge is 2.11. The van der Waals surface area contributed by atoms with E-state index in [1.807, 2.05) is 43.4 Å². The smallest absolute Gasteiger partial charge is 0.123 e. The van der Waals surface area contributed by atoms with Crippen LogP contribution in [0.2, 0.25) is 0 Å². The van der Waals surface area contributed by atoms with Gasteiger partial charge in [0, 0.05) is 18.3 Å². The van der Waals surface area contributed by atoms with Gasteiger partial charge in [-0.3, -0.25) is 0 Å². The molecule has 0 aliphatic heterocycles. The van der Waals surface area contributed by atoms with Crippen molar-refractivity contribution in [2.24, 2.45) is 0 Å². The molecule has 0 unspecified atom stereocenters. The number of aliphatic hydroxyl groups excluding tert-OH is 1. The largest absolute Gasteiger partial charge is 0.467 e. The van der Waals surface area contributed by atoms with E-state index in [0.29, 0.717) is 6.54 Å². The summed E-state index contributed by atoms with van der Waals surface area (Å²) in [6.45, 7) is 2.47. The van der Waals surface area contributed by atoms with Crippen molar-refractivity contribution < 1.29 is 9.52 Å². The predicted octanol–water partition coefficient (Wildman–Crippen LogP) is 2.97. The number of rotatable bonds is 4. The molecule has 1 N–H and O–H groups in total. The average molecular weight is 231 g/mol. The Hall–Kier alpha value is -1.74. The molecule has 17 heavy (non-hydrogen) atoms. The van der Waals surface area contributed by atoms with Crippen molar-refractivity contribution in [1.29, 1.82) is 0 Å². The minimum Gasteiger partial charge on any atom is -0.467 e. The summed E-state index contributed by atoms with van der Waals surface area (Å²) in [5.41, 5.74) is 1.96. The number of hydrogen-bond donors (Lipinski definition) is 1. The summed E-state index contributed by atoms with van der Waals surface area (Å²) in [4.78, 5) is 2.07. The van der Waals surface area contributed by atoms with Crippen LogP contribution in [0.15, 0.2) is 47.1 Å². The van der Waals surface area contributed by atoms with Gasteiger partial charge >= 0.3 is 0 Å². The molecule has 0 radical (unpaired) electrons. The molecule has 0 saturated heterocycles. The quantitative estimate of drug-likeness (QED) is 0.878. The van der Waals surface area contributed by atoms with Crippen LogP contribution in [0.4, 0.5) is 5.69 Å². The van der Waals surface area contributed by atoms with Crippen LogP contribution < -0.4 is 4.90 Å². The molecule has 1 heterocycles. The molecule has 0 aliphatic rings. The molecular weight excluding hydrogens is 214 g/mol. The molecule has 2 rings (SSSR count). The average Bonchev–Trinajstić information content (AvgIpc) is 2.81. The number of aliphatic hydroxyl groups is 1. The second-order valence-corrected chi connectivity index (χ2v) is 4.17. The van der Waals surface area contributed by atoms with Gasteiger partial charge in [0.2, 0.25) is 0 Å². The summed E-state index contributed by atoms with van der Waals surface area (Å²) >= 11 is 0. The van der Waals surface area contributed by atoms with Crippen molar-refractivity contribution in [2.45, 2.75) is 19.6 Å². The van der Waals surface area contributed by atoms with Crippen molar-refractivity contribution in [3.05, 3.63) is 54.0 Å². The lowest BCUT2D eigenvalue weighted by atomic mass is 10.1. The van der Waals surface area contributed by atoms with E-state index < -0.39 is 6.10 Å². The Morgan fingerprint density at radius 3 is 2.65 bits per heavy atom. The molecule has 2 aromatic rings. The van der Waals surface area contributed by atoms with Gasteiger partial charge in [-0.25, -0.2) is 0 Å². The Balaban J connectivity index is 2.21. The minimum absolute atomic E-state index is 0.467. The molecule has 1 atom stereocenters. The normalized spacial score (nSPS) is 12.4. The molecule has 0 saturated carbocycles. The molecule has 0 aliphatic carbocycles. The fourth-order valence-corrected chi connectivity index (χ4v) is 1.91. The predicted molar refractivity (Wildman–Crippen MR) is 67.9 cm³/mol. The maximum absolute atomic E-state index is 9.73. The maximum Gasteiger partial charge on any atom is 0.123 e. The van der Waals surface area contributed by atoms with Crippen molar-refractivity contribution >= 4 is 5.69 Å². The third kappa shape index (κ3) is 2.68. The van der Waals surface area contributed by atoms with E-state index in [1.165, 1.54) is 0 Å². The lowest BCUT2D eigenvalue weighted by Crippen LogP contribution is -2.18. The van der Waals surface area contributed by atoms with E-state index in [2.05, 4.69) is 4.90 Å². The Morgan fingerprint density at radius 1 is 1.24 bits per heavy atom. The van der Waals surface area contributed by atoms with Crippen LogP contribution in [-0.2, 0) is 6.54 Å². The van der Waals surface area contributed by atoms with E-state index >= 15 is 0 Å². The Bertz CT molecular complexity index is 463. The fraction of sp³-hybridized carbons (Fsp3) is 0.286. The van der Waals surface area contributed by atoms with Crippen LogP contribution in [0, 0.1) is 0 Å². The van der Waals surface area contributed by atoms with Crippen molar-refractivity contribution in [3.8, 4) is 0 Å². The van der Waals surface area contributed by atoms with Gasteiger partial charge in [-0.15, -0.1) is 0 Å². The van der Waals surface area contributed by atoms with Crippen molar-refractivity contribution in [1.82, 2.24) is 0 Å². The SMILES string of the molecule is C[C@@H](O)c1ccccc1N(C)Cc1ccco1. The van der Waals surface area contributed by atoms with Crippen LogP contribution >= 0.6 is 0 Å². The highest BCUT2D eigenvalue weighted by molar-refractivity contribution is 5.53. The first-order valence-corrected chi connectivity index (χ1v) is 5.69. The lowest BCUT2D eigenvalue weighted by Gasteiger charge is -2.22. The number of nitrogens with zero attached hydrogens (tertiary/aromatic N) is 1. The number of anilines is 1. The summed E-state index contributed by atoms with van der Waals surface area (Å²) in [5.74, 6) is 0.910. The number of para-hydroxylation sites is 1. The summed E-state index contributed by atoms with van der Waals surface area (Å²) < 4.78 is 5.32. The van der Waals surface area contributed by atoms with Gasteiger partial charge in [0.15, 0.2) is 0 Å². The second kappa shape index (κ2) is 5.06. The first-order chi connectivity index (χ1) is 8.18. The van der Waals surface area contributed by atoms with Gasteiger partial charge in [-0.05, 0) is 25.1 Å². The van der Waals surface area contributed by atoms with Gasteiger partial charge in [-0.2, -0.15) is 0 Å². The topological polar surface area (TPSA) is 36.6 Å². The molecule has 90 valence electrons. The monoisotopic (exact) mass is 231 g/mol. The van der Waals surface area contributed by atoms with Crippen LogP contribution in [0.25, 0.3) is 0 Å². The third-order valence-corrected chi connectivity index (χ3v) is 2.77. The summed E-state index contributed by atoms with van der Waals surface area (Å²) in [5, 5.41) is 9.73. The first-order valence-electron chi connectivity index (χ1n) is 5.69. The Kier molecular flexibility index (Phi) is 3.49. The zero-order valence-corrected chi connectivity index (χ0v) is 10.1. The highest BCUT2D eigenvalue weighted by Crippen LogP contribution is 2.26. The third-order valence-electron chi connectivity index (χ3n) is 2.77. The number of hydrogen-bond acceptors (Lipinski definition) is 3. The molecule has 3 heteroatoms. The van der Waals surface area contributed by atoms with Gasteiger partial charge < -0.3 is 14.4 Å². The van der Waals surface area contributed by atoms with Gasteiger partial charge in [0.25, 0.3) is 0 Å². The van der Waals surface area contributed by atoms with Crippen molar-refractivity contribution in [3.63, 3.8) is 0 Å². The molecule has 3 nitrogen and oxygen atoms in total. The van der Waals surface area contributed by atoms with E-state index in [4.69, 9.17) is 4.42 Å². The van der Waals surface area contributed by atoms with Gasteiger partial charge in [-0.1, -0.05) is 18.2 Å². The van der Waals surface area contributed by atoms with E-state index in [-0.39, 0.29) is 0 Å². The summed E-state index contributed by atoms with van der Waals surface area (Å²) in [6.07, 6.45) is 1.20. The van der Waals surface area contributed by atoms with Crippen LogP contribution in [0.5, 0.6) is 0 Å². The van der Waals surface area contributed by atoms with Crippen LogP contribution in [0.3, 0.4) is 0 Å². The lowest BCUT2D eigenvalue weighted by molar-refractivity contribution is 0.199. The van der Waals surface area contributed by atoms with Gasteiger partial charge in [0.1, 0.15) is 5.76 Å². The first kappa shape index (κ1) is 11.7. The zero-order chi connectivity index (χ0) is 12.3. The second-order valence-electron chi connectivity index (χ2n) is 4.17. The number of benzene rings is 1. The van der Waals surface area contributed by atoms with Crippen molar-refractivity contribution in [2.75, 3.05) is 11.9 Å². The standard InChI is InChI=1S/C14H17NO2/c1-11(16)13-7-3-4-8-14(13)15(2)10-12-6-5-9-17-12/h3-9,11,16H,10H2,1-2H3/t11-/m1/s1. The molecule has 0 spiro atoms. The van der Waals surface area contributed by atoms with E-state index in [1.54, 1.807) is 13.2 Å². The number of furan rings is 1. The maximum atomic E-state index is 9.73. The molecule has 1 aromatic carbocycles. The molecule has 0 bridgehead atoms. The van der Waals surface area contributed by atoms with Crippen LogP contribution in [-0.4, -0.2) is 12.2 Å². The molecule has 0 fully saturated rings. The zero-order valence-electron chi connectivity index (χ0n) is 10.1. The van der Waals surface area contributed by atoms with E-state index in [0.717, 1.165) is 17.0 Å². The molecular formula is C14H17NO2. The Morgan fingerprint density at radius 2 is 2.00 bits per heavy atom. The highest BCUT2D eigenvalue weighted by atomic mass is 16.3. The Labute approximate surface area is 101 Å². The fourth-order valence-electron chi connectivity index (χ4n) is 1.91. The molecule has 1 aromatic heterocycles. The minimum atomic E-state index is -0.467.